The molecule has 1 fully saturated rings. The third-order valence-electron chi connectivity index (χ3n) is 3.51. The molecule has 2 unspecified atom stereocenters. The van der Waals surface area contributed by atoms with Crippen molar-refractivity contribution in [1.29, 1.82) is 0 Å². The largest absolute Gasteiger partial charge is 0.455 e. The second-order valence-corrected chi connectivity index (χ2v) is 5.02. The summed E-state index contributed by atoms with van der Waals surface area (Å²) in [4.78, 5) is 23.8. The number of aromatic nitrogens is 4. The Bertz CT molecular complexity index is 614. The smallest absolute Gasteiger partial charge is 0.357 e. The van der Waals surface area contributed by atoms with Crippen molar-refractivity contribution >= 4 is 5.97 Å². The van der Waals surface area contributed by atoms with E-state index in [-0.39, 0.29) is 17.7 Å². The van der Waals surface area contributed by atoms with Crippen LogP contribution in [-0.4, -0.2) is 44.8 Å². The summed E-state index contributed by atoms with van der Waals surface area (Å²) < 4.78 is 13.0. The van der Waals surface area contributed by atoms with Gasteiger partial charge in [-0.3, -0.25) is 0 Å². The van der Waals surface area contributed by atoms with E-state index < -0.39 is 5.97 Å². The Labute approximate surface area is 122 Å². The molecule has 1 aliphatic rings. The second-order valence-electron chi connectivity index (χ2n) is 5.02. The fraction of sp³-hybridized carbons (Fsp3) is 0.429. The zero-order valence-electron chi connectivity index (χ0n) is 11.7. The molecule has 0 saturated carbocycles. The van der Waals surface area contributed by atoms with Crippen molar-refractivity contribution in [3.63, 3.8) is 0 Å². The number of rotatable bonds is 3. The molecule has 2 aromatic heterocycles. The molecule has 21 heavy (non-hydrogen) atoms. The molecule has 7 nitrogen and oxygen atoms in total. The molecule has 0 radical (unpaired) electrons. The van der Waals surface area contributed by atoms with E-state index in [2.05, 4.69) is 15.0 Å². The number of aryl methyl sites for hydroxylation is 1. The summed E-state index contributed by atoms with van der Waals surface area (Å²) in [6.07, 6.45) is 6.86. The summed E-state index contributed by atoms with van der Waals surface area (Å²) in [7, 11) is 1.94. The summed E-state index contributed by atoms with van der Waals surface area (Å²) in [5, 5.41) is 0. The molecule has 0 aliphatic carbocycles. The predicted octanol–water partition coefficient (Wildman–Crippen LogP) is 0.940. The summed E-state index contributed by atoms with van der Waals surface area (Å²) in [5.74, 6) is -0.272. The lowest BCUT2D eigenvalue weighted by Crippen LogP contribution is -2.33. The zero-order valence-corrected chi connectivity index (χ0v) is 11.7. The Hall–Kier alpha value is -2.28. The van der Waals surface area contributed by atoms with E-state index in [1.54, 1.807) is 6.33 Å². The van der Waals surface area contributed by atoms with Gasteiger partial charge in [-0.2, -0.15) is 0 Å². The Morgan fingerprint density at radius 2 is 2.33 bits per heavy atom. The Balaban J connectivity index is 1.64. The van der Waals surface area contributed by atoms with Gasteiger partial charge < -0.3 is 14.0 Å². The number of carbonyl (C=O) groups is 1. The summed E-state index contributed by atoms with van der Waals surface area (Å²) in [6.45, 7) is 1.02. The number of hydrogen-bond donors (Lipinski definition) is 0. The minimum absolute atomic E-state index is 0.175. The van der Waals surface area contributed by atoms with Gasteiger partial charge in [0.1, 0.15) is 12.4 Å². The number of ether oxygens (including phenoxy) is 2. The molecule has 0 aromatic carbocycles. The maximum atomic E-state index is 12.0. The van der Waals surface area contributed by atoms with Crippen molar-refractivity contribution in [3.05, 3.63) is 42.5 Å². The molecule has 0 N–H and O–H groups in total. The second kappa shape index (κ2) is 6.01. The van der Waals surface area contributed by atoms with Crippen LogP contribution in [0.2, 0.25) is 0 Å². The van der Waals surface area contributed by atoms with Crippen LogP contribution >= 0.6 is 0 Å². The summed E-state index contributed by atoms with van der Waals surface area (Å²) in [5.41, 5.74) is 1.34. The Morgan fingerprint density at radius 1 is 1.43 bits per heavy atom. The van der Waals surface area contributed by atoms with Gasteiger partial charge in [-0.05, 0) is 12.5 Å². The highest BCUT2D eigenvalue weighted by molar-refractivity contribution is 5.87. The molecule has 3 heterocycles. The molecule has 7 heteroatoms. The lowest BCUT2D eigenvalue weighted by atomic mass is 9.97. The molecule has 2 atom stereocenters. The standard InChI is InChI=1S/C14H16N4O3/c1-18-9-16-5-13(18)10-4-11(7-20-6-10)21-14(19)12-2-3-15-8-17-12/h2-3,5,8-11H,4,6-7H2,1H3. The van der Waals surface area contributed by atoms with E-state index in [1.165, 1.54) is 18.6 Å². The van der Waals surface area contributed by atoms with E-state index in [0.717, 1.165) is 12.1 Å². The topological polar surface area (TPSA) is 79.1 Å². The van der Waals surface area contributed by atoms with Crippen LogP contribution in [0.15, 0.2) is 31.1 Å². The Kier molecular flexibility index (Phi) is 3.92. The normalized spacial score (nSPS) is 22.0. The summed E-state index contributed by atoms with van der Waals surface area (Å²) >= 11 is 0. The van der Waals surface area contributed by atoms with Gasteiger partial charge in [0.05, 0.1) is 19.5 Å². The molecule has 0 amide bonds. The van der Waals surface area contributed by atoms with Crippen LogP contribution in [0.3, 0.4) is 0 Å². The molecule has 1 aliphatic heterocycles. The number of imidazole rings is 1. The zero-order chi connectivity index (χ0) is 14.7. The molecular formula is C14H16N4O3. The van der Waals surface area contributed by atoms with Gasteiger partial charge in [0.2, 0.25) is 0 Å². The maximum absolute atomic E-state index is 12.0. The highest BCUT2D eigenvalue weighted by Gasteiger charge is 2.28. The minimum atomic E-state index is -0.448. The van der Waals surface area contributed by atoms with Crippen LogP contribution in [0.4, 0.5) is 0 Å². The van der Waals surface area contributed by atoms with Crippen LogP contribution in [-0.2, 0) is 16.5 Å². The van der Waals surface area contributed by atoms with Crippen LogP contribution in [0.1, 0.15) is 28.5 Å². The predicted molar refractivity (Wildman–Crippen MR) is 72.6 cm³/mol. The monoisotopic (exact) mass is 288 g/mol. The number of nitrogens with zero attached hydrogens (tertiary/aromatic N) is 4. The van der Waals surface area contributed by atoms with Gasteiger partial charge in [-0.15, -0.1) is 0 Å². The van der Waals surface area contributed by atoms with Crippen molar-refractivity contribution in [2.24, 2.45) is 7.05 Å². The van der Waals surface area contributed by atoms with E-state index >= 15 is 0 Å². The Morgan fingerprint density at radius 3 is 3.05 bits per heavy atom. The number of esters is 1. The molecule has 3 rings (SSSR count). The van der Waals surface area contributed by atoms with Crippen molar-refractivity contribution in [2.45, 2.75) is 18.4 Å². The van der Waals surface area contributed by atoms with E-state index in [9.17, 15) is 4.79 Å². The lowest BCUT2D eigenvalue weighted by Gasteiger charge is -2.29. The van der Waals surface area contributed by atoms with Gasteiger partial charge in [-0.25, -0.2) is 19.7 Å². The molecule has 110 valence electrons. The average Bonchev–Trinajstić information content (AvgIpc) is 2.94. The van der Waals surface area contributed by atoms with E-state index in [4.69, 9.17) is 9.47 Å². The van der Waals surface area contributed by atoms with Gasteiger partial charge >= 0.3 is 5.97 Å². The fourth-order valence-corrected chi connectivity index (χ4v) is 2.47. The van der Waals surface area contributed by atoms with Crippen LogP contribution < -0.4 is 0 Å². The van der Waals surface area contributed by atoms with Gasteiger partial charge in [0, 0.05) is 31.1 Å². The SMILES string of the molecule is Cn1cncc1C1COCC(OC(=O)c2ccncn2)C1. The van der Waals surface area contributed by atoms with E-state index in [1.807, 2.05) is 17.8 Å². The van der Waals surface area contributed by atoms with Gasteiger partial charge in [-0.1, -0.05) is 0 Å². The molecule has 1 saturated heterocycles. The third kappa shape index (κ3) is 3.08. The van der Waals surface area contributed by atoms with E-state index in [0.29, 0.717) is 13.2 Å². The van der Waals surface area contributed by atoms with Gasteiger partial charge in [0.15, 0.2) is 5.69 Å². The molecule has 0 spiro atoms. The number of carbonyl (C=O) groups excluding carboxylic acids is 1. The third-order valence-corrected chi connectivity index (χ3v) is 3.51. The van der Waals surface area contributed by atoms with Crippen LogP contribution in [0.25, 0.3) is 0 Å². The number of hydrogen-bond acceptors (Lipinski definition) is 6. The quantitative estimate of drug-likeness (QED) is 0.782. The first kappa shape index (κ1) is 13.7. The molecule has 2 aromatic rings. The average molecular weight is 288 g/mol. The minimum Gasteiger partial charge on any atom is -0.455 e. The van der Waals surface area contributed by atoms with Crippen molar-refractivity contribution in [3.8, 4) is 0 Å². The first-order valence-electron chi connectivity index (χ1n) is 6.75. The van der Waals surface area contributed by atoms with Crippen molar-refractivity contribution in [2.75, 3.05) is 13.2 Å². The van der Waals surface area contributed by atoms with Crippen LogP contribution in [0.5, 0.6) is 0 Å². The molecular weight excluding hydrogens is 272 g/mol. The van der Waals surface area contributed by atoms with Gasteiger partial charge in [0.25, 0.3) is 0 Å². The van der Waals surface area contributed by atoms with Crippen molar-refractivity contribution < 1.29 is 14.3 Å². The first-order valence-corrected chi connectivity index (χ1v) is 6.75. The van der Waals surface area contributed by atoms with Crippen LogP contribution in [0, 0.1) is 0 Å². The maximum Gasteiger partial charge on any atom is 0.357 e. The first-order chi connectivity index (χ1) is 10.2. The lowest BCUT2D eigenvalue weighted by molar-refractivity contribution is -0.0398. The molecule has 0 bridgehead atoms. The fourth-order valence-electron chi connectivity index (χ4n) is 2.47. The summed E-state index contributed by atoms with van der Waals surface area (Å²) in [6, 6.07) is 1.53. The highest BCUT2D eigenvalue weighted by Crippen LogP contribution is 2.26. The van der Waals surface area contributed by atoms with Crippen molar-refractivity contribution in [1.82, 2.24) is 19.5 Å². The highest BCUT2D eigenvalue weighted by atomic mass is 16.6.